The highest BCUT2D eigenvalue weighted by atomic mass is 19.3. The minimum atomic E-state index is -2.88. The van der Waals surface area contributed by atoms with Gasteiger partial charge in [0.25, 0.3) is 0 Å². The first-order valence-corrected chi connectivity index (χ1v) is 7.48. The summed E-state index contributed by atoms with van der Waals surface area (Å²) in [5, 5.41) is 2.60. The summed E-state index contributed by atoms with van der Waals surface area (Å²) in [6.07, 6.45) is 3.48. The monoisotopic (exact) mass is 341 g/mol. The Morgan fingerprint density at radius 1 is 1.25 bits per heavy atom. The molecule has 1 rings (SSSR count). The molecule has 2 atom stereocenters. The molecule has 0 aliphatic heterocycles. The summed E-state index contributed by atoms with van der Waals surface area (Å²) in [4.78, 5) is 23.7. The van der Waals surface area contributed by atoms with Crippen LogP contribution >= 0.6 is 0 Å². The summed E-state index contributed by atoms with van der Waals surface area (Å²) in [6, 6.07) is 5.10. The van der Waals surface area contributed by atoms with Crippen LogP contribution in [0.4, 0.5) is 8.78 Å². The van der Waals surface area contributed by atoms with Crippen molar-refractivity contribution in [3.63, 3.8) is 0 Å². The summed E-state index contributed by atoms with van der Waals surface area (Å²) in [7, 11) is 1.27. The molecule has 132 valence electrons. The first-order valence-electron chi connectivity index (χ1n) is 7.48. The molecule has 7 heteroatoms. The smallest absolute Gasteiger partial charge is 0.387 e. The number of esters is 1. The summed E-state index contributed by atoms with van der Waals surface area (Å²) < 4.78 is 33.0. The zero-order chi connectivity index (χ0) is 18.1. The Balaban J connectivity index is 2.68. The minimum absolute atomic E-state index is 0.0362. The molecule has 0 saturated carbocycles. The predicted molar refractivity (Wildman–Crippen MR) is 85.5 cm³/mol. The van der Waals surface area contributed by atoms with E-state index in [4.69, 9.17) is 4.74 Å². The molecule has 0 aromatic heterocycles. The number of ether oxygens (including phenoxy) is 2. The summed E-state index contributed by atoms with van der Waals surface area (Å²) in [5.74, 6) is -0.979. The molecule has 0 heterocycles. The maximum Gasteiger partial charge on any atom is 0.387 e. The summed E-state index contributed by atoms with van der Waals surface area (Å²) in [5.41, 5.74) is 0.630. The Bertz CT molecular complexity index is 572. The number of methoxy groups -OCH3 is 1. The van der Waals surface area contributed by atoms with Crippen molar-refractivity contribution in [1.82, 2.24) is 5.32 Å². The Morgan fingerprint density at radius 3 is 2.38 bits per heavy atom. The predicted octanol–water partition coefficient (Wildman–Crippen LogP) is 3.01. The van der Waals surface area contributed by atoms with Gasteiger partial charge in [-0.05, 0) is 29.7 Å². The van der Waals surface area contributed by atoms with E-state index in [9.17, 15) is 18.4 Å². The third-order valence-electron chi connectivity index (χ3n) is 3.50. The van der Waals surface area contributed by atoms with Gasteiger partial charge < -0.3 is 14.8 Å². The van der Waals surface area contributed by atoms with Gasteiger partial charge in [0.1, 0.15) is 11.8 Å². The van der Waals surface area contributed by atoms with Crippen LogP contribution in [0.15, 0.2) is 30.3 Å². The van der Waals surface area contributed by atoms with E-state index in [1.165, 1.54) is 43.5 Å². The molecule has 0 unspecified atom stereocenters. The zero-order valence-corrected chi connectivity index (χ0v) is 13.8. The highest BCUT2D eigenvalue weighted by Crippen LogP contribution is 2.15. The van der Waals surface area contributed by atoms with E-state index in [1.807, 2.05) is 13.8 Å². The fraction of sp³-hybridized carbons (Fsp3) is 0.412. The number of hydrogen-bond donors (Lipinski definition) is 1. The van der Waals surface area contributed by atoms with Gasteiger partial charge in [-0.1, -0.05) is 32.4 Å². The topological polar surface area (TPSA) is 64.6 Å². The van der Waals surface area contributed by atoms with Crippen LogP contribution in [0.5, 0.6) is 5.75 Å². The summed E-state index contributed by atoms with van der Waals surface area (Å²) >= 11 is 0. The molecule has 1 aromatic carbocycles. The lowest BCUT2D eigenvalue weighted by molar-refractivity contribution is -0.146. The molecule has 1 amide bonds. The Hall–Kier alpha value is -2.44. The molecule has 5 nitrogen and oxygen atoms in total. The van der Waals surface area contributed by atoms with E-state index in [0.717, 1.165) is 0 Å². The lowest BCUT2D eigenvalue weighted by atomic mass is 9.99. The van der Waals surface area contributed by atoms with Gasteiger partial charge in [0, 0.05) is 6.08 Å². The SMILES string of the molecule is CC[C@H](C)[C@@H](NC(=O)/C=C/c1ccc(OC(F)F)cc1)C(=O)OC. The molecular weight excluding hydrogens is 320 g/mol. The number of carbonyl (C=O) groups is 2. The molecule has 0 aliphatic rings. The van der Waals surface area contributed by atoms with Gasteiger partial charge in [-0.3, -0.25) is 4.79 Å². The van der Waals surface area contributed by atoms with Crippen LogP contribution in [0.25, 0.3) is 6.08 Å². The number of hydrogen-bond acceptors (Lipinski definition) is 4. The van der Waals surface area contributed by atoms with Crippen molar-refractivity contribution in [1.29, 1.82) is 0 Å². The second kappa shape index (κ2) is 9.64. The van der Waals surface area contributed by atoms with Crippen LogP contribution in [0, 0.1) is 5.92 Å². The fourth-order valence-corrected chi connectivity index (χ4v) is 1.93. The molecule has 1 aromatic rings. The molecule has 0 saturated heterocycles. The second-order valence-corrected chi connectivity index (χ2v) is 5.18. The fourth-order valence-electron chi connectivity index (χ4n) is 1.93. The van der Waals surface area contributed by atoms with Crippen LogP contribution in [0.3, 0.4) is 0 Å². The van der Waals surface area contributed by atoms with Crippen LogP contribution in [0.2, 0.25) is 0 Å². The second-order valence-electron chi connectivity index (χ2n) is 5.18. The normalized spacial score (nSPS) is 13.6. The Labute approximate surface area is 139 Å². The number of amides is 1. The summed E-state index contributed by atoms with van der Waals surface area (Å²) in [6.45, 7) is 0.867. The quantitative estimate of drug-likeness (QED) is 0.583. The molecule has 0 aliphatic carbocycles. The highest BCUT2D eigenvalue weighted by molar-refractivity contribution is 5.94. The number of halogens is 2. The molecule has 0 bridgehead atoms. The zero-order valence-electron chi connectivity index (χ0n) is 13.8. The van der Waals surface area contributed by atoms with Crippen LogP contribution in [0.1, 0.15) is 25.8 Å². The first kappa shape index (κ1) is 19.6. The molecule has 0 spiro atoms. The maximum absolute atomic E-state index is 12.1. The highest BCUT2D eigenvalue weighted by Gasteiger charge is 2.25. The number of benzene rings is 1. The van der Waals surface area contributed by atoms with Gasteiger partial charge in [0.05, 0.1) is 7.11 Å². The van der Waals surface area contributed by atoms with Gasteiger partial charge >= 0.3 is 12.6 Å². The molecule has 0 fully saturated rings. The van der Waals surface area contributed by atoms with E-state index in [2.05, 4.69) is 10.1 Å². The van der Waals surface area contributed by atoms with Crippen LogP contribution in [-0.4, -0.2) is 31.6 Å². The van der Waals surface area contributed by atoms with Gasteiger partial charge in [-0.25, -0.2) is 4.79 Å². The van der Waals surface area contributed by atoms with Crippen LogP contribution in [-0.2, 0) is 14.3 Å². The average molecular weight is 341 g/mol. The lowest BCUT2D eigenvalue weighted by Gasteiger charge is -2.20. The average Bonchev–Trinajstić information content (AvgIpc) is 2.57. The third-order valence-corrected chi connectivity index (χ3v) is 3.50. The van der Waals surface area contributed by atoms with Gasteiger partial charge in [-0.15, -0.1) is 0 Å². The maximum atomic E-state index is 12.1. The van der Waals surface area contributed by atoms with Gasteiger partial charge in [0.2, 0.25) is 5.91 Å². The van der Waals surface area contributed by atoms with E-state index in [-0.39, 0.29) is 11.7 Å². The lowest BCUT2D eigenvalue weighted by Crippen LogP contribution is -2.45. The van der Waals surface area contributed by atoms with Crippen molar-refractivity contribution in [2.45, 2.75) is 32.9 Å². The van der Waals surface area contributed by atoms with E-state index in [0.29, 0.717) is 12.0 Å². The number of nitrogens with one attached hydrogen (secondary N) is 1. The van der Waals surface area contributed by atoms with E-state index >= 15 is 0 Å². The third kappa shape index (κ3) is 6.36. The largest absolute Gasteiger partial charge is 0.467 e. The van der Waals surface area contributed by atoms with E-state index < -0.39 is 24.5 Å². The number of carbonyl (C=O) groups excluding carboxylic acids is 2. The molecule has 24 heavy (non-hydrogen) atoms. The van der Waals surface area contributed by atoms with Crippen molar-refractivity contribution in [2.75, 3.05) is 7.11 Å². The minimum Gasteiger partial charge on any atom is -0.467 e. The van der Waals surface area contributed by atoms with Gasteiger partial charge in [0.15, 0.2) is 0 Å². The van der Waals surface area contributed by atoms with Gasteiger partial charge in [-0.2, -0.15) is 8.78 Å². The van der Waals surface area contributed by atoms with Crippen molar-refractivity contribution in [3.8, 4) is 5.75 Å². The van der Waals surface area contributed by atoms with Crippen molar-refractivity contribution < 1.29 is 27.8 Å². The first-order chi connectivity index (χ1) is 11.4. The number of alkyl halides is 2. The van der Waals surface area contributed by atoms with E-state index in [1.54, 1.807) is 0 Å². The van der Waals surface area contributed by atoms with Crippen LogP contribution < -0.4 is 10.1 Å². The molecule has 0 radical (unpaired) electrons. The molecule has 1 N–H and O–H groups in total. The Kier molecular flexibility index (Phi) is 7.88. The standard InChI is InChI=1S/C17H21F2NO4/c1-4-11(2)15(16(22)23-3)20-14(21)10-7-12-5-8-13(9-6-12)24-17(18)19/h5-11,15,17H,4H2,1-3H3,(H,20,21)/b10-7+/t11-,15+/m0/s1. The Morgan fingerprint density at radius 2 is 1.88 bits per heavy atom. The van der Waals surface area contributed by atoms with Crippen molar-refractivity contribution >= 4 is 18.0 Å². The van der Waals surface area contributed by atoms with Crippen molar-refractivity contribution in [2.24, 2.45) is 5.92 Å². The molecular formula is C17H21F2NO4. The van der Waals surface area contributed by atoms with Crippen molar-refractivity contribution in [3.05, 3.63) is 35.9 Å². The number of rotatable bonds is 8.